The first kappa shape index (κ1) is 11.5. The Bertz CT molecular complexity index is 452. The van der Waals surface area contributed by atoms with Crippen LogP contribution in [0, 0.1) is 0 Å². The zero-order chi connectivity index (χ0) is 10.8. The monoisotopic (exact) mass is 322 g/mol. The quantitative estimate of drug-likeness (QED) is 0.726. The molecule has 5 heteroatoms. The van der Waals surface area contributed by atoms with E-state index in [0.717, 1.165) is 10.1 Å². The van der Waals surface area contributed by atoms with Crippen molar-refractivity contribution in [2.75, 3.05) is 7.11 Å². The van der Waals surface area contributed by atoms with Crippen LogP contribution in [0.3, 0.4) is 0 Å². The van der Waals surface area contributed by atoms with Crippen LogP contribution in [-0.4, -0.2) is 7.11 Å². The Hall–Kier alpha value is -0.0300. The van der Waals surface area contributed by atoms with Gasteiger partial charge in [0.1, 0.15) is 5.75 Å². The van der Waals surface area contributed by atoms with Gasteiger partial charge in [-0.3, -0.25) is 0 Å². The molecule has 80 valence electrons. The molecule has 0 spiro atoms. The Balaban J connectivity index is 2.31. The van der Waals surface area contributed by atoms with E-state index in [1.807, 2.05) is 23.6 Å². The van der Waals surface area contributed by atoms with E-state index in [4.69, 9.17) is 16.3 Å². The maximum absolute atomic E-state index is 5.91. The lowest BCUT2D eigenvalue weighted by atomic mass is 10.3. The van der Waals surface area contributed by atoms with Gasteiger partial charge in [-0.05, 0) is 23.6 Å². The Kier molecular flexibility index (Phi) is 3.72. The third-order valence-corrected chi connectivity index (χ3v) is 5.77. The van der Waals surface area contributed by atoms with Crippen molar-refractivity contribution in [3.63, 3.8) is 0 Å². The van der Waals surface area contributed by atoms with Crippen molar-refractivity contribution in [2.45, 2.75) is 4.83 Å². The van der Waals surface area contributed by atoms with Crippen LogP contribution in [0.2, 0.25) is 4.34 Å². The summed E-state index contributed by atoms with van der Waals surface area (Å²) in [6, 6.07) is 5.92. The number of alkyl halides is 1. The second-order valence-corrected chi connectivity index (χ2v) is 6.47. The molecule has 1 unspecified atom stereocenters. The van der Waals surface area contributed by atoms with Crippen LogP contribution in [0.15, 0.2) is 23.6 Å². The van der Waals surface area contributed by atoms with Crippen LogP contribution in [0.25, 0.3) is 0 Å². The minimum absolute atomic E-state index is 0.171. The predicted octanol–water partition coefficient (Wildman–Crippen LogP) is 4.96. The molecule has 0 N–H and O–H groups in total. The second kappa shape index (κ2) is 4.87. The second-order valence-electron chi connectivity index (χ2n) is 2.86. The van der Waals surface area contributed by atoms with E-state index >= 15 is 0 Å². The van der Waals surface area contributed by atoms with Crippen molar-refractivity contribution in [1.82, 2.24) is 0 Å². The van der Waals surface area contributed by atoms with Gasteiger partial charge < -0.3 is 4.74 Å². The maximum atomic E-state index is 5.91. The van der Waals surface area contributed by atoms with Crippen molar-refractivity contribution in [2.24, 2.45) is 0 Å². The molecule has 0 bridgehead atoms. The van der Waals surface area contributed by atoms with Gasteiger partial charge in [-0.2, -0.15) is 0 Å². The highest BCUT2D eigenvalue weighted by Crippen LogP contribution is 2.43. The lowest BCUT2D eigenvalue weighted by Gasteiger charge is -2.07. The molecule has 0 saturated heterocycles. The van der Waals surface area contributed by atoms with E-state index in [2.05, 4.69) is 15.9 Å². The molecule has 1 atom stereocenters. The molecule has 0 aliphatic rings. The van der Waals surface area contributed by atoms with Crippen LogP contribution >= 0.6 is 50.2 Å². The average molecular weight is 324 g/mol. The van der Waals surface area contributed by atoms with Gasteiger partial charge in [0.15, 0.2) is 0 Å². The summed E-state index contributed by atoms with van der Waals surface area (Å²) in [6.07, 6.45) is 0. The smallest absolute Gasteiger partial charge is 0.134 e. The van der Waals surface area contributed by atoms with Crippen molar-refractivity contribution in [3.8, 4) is 5.75 Å². The summed E-state index contributed by atoms with van der Waals surface area (Å²) in [5, 5.41) is 2.03. The number of thiophene rings is 2. The van der Waals surface area contributed by atoms with E-state index in [1.165, 1.54) is 9.75 Å². The van der Waals surface area contributed by atoms with E-state index in [1.54, 1.807) is 29.8 Å². The third kappa shape index (κ3) is 2.38. The molecule has 0 radical (unpaired) electrons. The minimum Gasteiger partial charge on any atom is -0.496 e. The van der Waals surface area contributed by atoms with Crippen LogP contribution < -0.4 is 4.74 Å². The first-order valence-corrected chi connectivity index (χ1v) is 7.22. The molecule has 0 fully saturated rings. The molecule has 0 aliphatic carbocycles. The van der Waals surface area contributed by atoms with Crippen LogP contribution in [0.4, 0.5) is 0 Å². The van der Waals surface area contributed by atoms with Gasteiger partial charge in [-0.1, -0.05) is 27.5 Å². The van der Waals surface area contributed by atoms with Crippen molar-refractivity contribution in [1.29, 1.82) is 0 Å². The summed E-state index contributed by atoms with van der Waals surface area (Å²) in [5.41, 5.74) is 0. The summed E-state index contributed by atoms with van der Waals surface area (Å²) in [4.78, 5) is 2.54. The molecule has 2 heterocycles. The lowest BCUT2D eigenvalue weighted by molar-refractivity contribution is 0.413. The Morgan fingerprint density at radius 1 is 1.40 bits per heavy atom. The average Bonchev–Trinajstić information content (AvgIpc) is 2.84. The van der Waals surface area contributed by atoms with E-state index < -0.39 is 0 Å². The number of hydrogen-bond donors (Lipinski definition) is 0. The van der Waals surface area contributed by atoms with Crippen molar-refractivity contribution >= 4 is 50.2 Å². The highest BCUT2D eigenvalue weighted by molar-refractivity contribution is 9.09. The number of ether oxygens (including phenoxy) is 1. The lowest BCUT2D eigenvalue weighted by Crippen LogP contribution is -1.89. The Morgan fingerprint density at radius 3 is 2.80 bits per heavy atom. The fourth-order valence-electron chi connectivity index (χ4n) is 1.26. The molecule has 0 aliphatic heterocycles. The van der Waals surface area contributed by atoms with Gasteiger partial charge >= 0.3 is 0 Å². The molecule has 1 nitrogen and oxygen atoms in total. The number of halogens is 2. The maximum Gasteiger partial charge on any atom is 0.134 e. The number of hydrogen-bond acceptors (Lipinski definition) is 3. The standard InChI is InChI=1S/C10H8BrClOS2/c1-13-6-4-5-14-10(6)9(11)7-2-3-8(12)15-7/h2-5,9H,1H3. The van der Waals surface area contributed by atoms with Crippen molar-refractivity contribution in [3.05, 3.63) is 37.7 Å². The van der Waals surface area contributed by atoms with E-state index in [-0.39, 0.29) is 4.83 Å². The highest BCUT2D eigenvalue weighted by Gasteiger charge is 2.18. The molecule has 2 rings (SSSR count). The molecule has 0 aromatic carbocycles. The predicted molar refractivity (Wildman–Crippen MR) is 71.0 cm³/mol. The molecule has 2 aromatic heterocycles. The van der Waals surface area contributed by atoms with Gasteiger partial charge in [0, 0.05) is 4.88 Å². The third-order valence-electron chi connectivity index (χ3n) is 1.95. The van der Waals surface area contributed by atoms with Crippen molar-refractivity contribution < 1.29 is 4.74 Å². The minimum atomic E-state index is 0.171. The topological polar surface area (TPSA) is 9.23 Å². The zero-order valence-corrected chi connectivity index (χ0v) is 11.8. The largest absolute Gasteiger partial charge is 0.496 e. The van der Waals surface area contributed by atoms with Gasteiger partial charge in [0.2, 0.25) is 0 Å². The Morgan fingerprint density at radius 2 is 2.20 bits per heavy atom. The van der Waals surface area contributed by atoms with Crippen LogP contribution in [-0.2, 0) is 0 Å². The first-order chi connectivity index (χ1) is 7.22. The molecule has 0 saturated carbocycles. The van der Waals surface area contributed by atoms with E-state index in [9.17, 15) is 0 Å². The van der Waals surface area contributed by atoms with Crippen LogP contribution in [0.1, 0.15) is 14.6 Å². The van der Waals surface area contributed by atoms with Gasteiger partial charge in [-0.25, -0.2) is 0 Å². The summed E-state index contributed by atoms with van der Waals surface area (Å²) >= 11 is 12.8. The molecular formula is C10H8BrClOS2. The summed E-state index contributed by atoms with van der Waals surface area (Å²) in [5.74, 6) is 0.923. The first-order valence-electron chi connectivity index (χ1n) is 4.23. The number of rotatable bonds is 3. The molecule has 2 aromatic rings. The fraction of sp³-hybridized carbons (Fsp3) is 0.200. The van der Waals surface area contributed by atoms with Gasteiger partial charge in [-0.15, -0.1) is 22.7 Å². The zero-order valence-electron chi connectivity index (χ0n) is 7.87. The van der Waals surface area contributed by atoms with Gasteiger partial charge in [0.25, 0.3) is 0 Å². The SMILES string of the molecule is COc1ccsc1C(Br)c1ccc(Cl)s1. The summed E-state index contributed by atoms with van der Waals surface area (Å²) < 4.78 is 6.10. The van der Waals surface area contributed by atoms with Gasteiger partial charge in [0.05, 0.1) is 21.2 Å². The number of methoxy groups -OCH3 is 1. The molecule has 15 heavy (non-hydrogen) atoms. The normalized spacial score (nSPS) is 12.7. The van der Waals surface area contributed by atoms with E-state index in [0.29, 0.717) is 0 Å². The summed E-state index contributed by atoms with van der Waals surface area (Å²) in [7, 11) is 1.69. The van der Waals surface area contributed by atoms with Crippen LogP contribution in [0.5, 0.6) is 5.75 Å². The summed E-state index contributed by atoms with van der Waals surface area (Å²) in [6.45, 7) is 0. The highest BCUT2D eigenvalue weighted by atomic mass is 79.9. The molecule has 0 amide bonds. The molecular weight excluding hydrogens is 316 g/mol. The fourth-order valence-corrected chi connectivity index (χ4v) is 4.21. The Labute approximate surface area is 110 Å².